The van der Waals surface area contributed by atoms with Crippen LogP contribution < -0.4 is 4.43 Å². The molecule has 4 nitrogen and oxygen atoms in total. The van der Waals surface area contributed by atoms with Crippen LogP contribution in [0.1, 0.15) is 0 Å². The molecule has 5 heteroatoms. The maximum Gasteiger partial charge on any atom is 0.741 e. The van der Waals surface area contributed by atoms with Crippen LogP contribution in [-0.4, -0.2) is 23.4 Å². The van der Waals surface area contributed by atoms with Crippen molar-refractivity contribution in [3.63, 3.8) is 0 Å². The van der Waals surface area contributed by atoms with Gasteiger partial charge in [0.15, 0.2) is 0 Å². The molecule has 0 saturated heterocycles. The van der Waals surface area contributed by atoms with Crippen molar-refractivity contribution in [2.24, 2.45) is 0 Å². The summed E-state index contributed by atoms with van der Waals surface area (Å²) in [7, 11) is -4.58. The maximum atomic E-state index is 9.07. The lowest BCUT2D eigenvalue weighted by atomic mass is 10.0. The molecular formula is C14H12O4Si. The van der Waals surface area contributed by atoms with E-state index >= 15 is 0 Å². The first-order chi connectivity index (χ1) is 9.04. The van der Waals surface area contributed by atoms with Crippen LogP contribution >= 0.6 is 0 Å². The lowest BCUT2D eigenvalue weighted by Crippen LogP contribution is -2.42. The van der Waals surface area contributed by atoms with Gasteiger partial charge >= 0.3 is 9.05 Å². The van der Waals surface area contributed by atoms with Crippen molar-refractivity contribution in [3.8, 4) is 5.75 Å². The Bertz CT molecular complexity index is 749. The Hall–Kier alpha value is -1.92. The maximum absolute atomic E-state index is 9.07. The Kier molecular flexibility index (Phi) is 2.76. The van der Waals surface area contributed by atoms with Crippen molar-refractivity contribution in [3.05, 3.63) is 54.6 Å². The molecule has 0 amide bonds. The molecule has 0 spiro atoms. The summed E-state index contributed by atoms with van der Waals surface area (Å²) in [5.41, 5.74) is 0. The molecule has 3 aromatic rings. The van der Waals surface area contributed by atoms with Gasteiger partial charge in [0.1, 0.15) is 5.75 Å². The van der Waals surface area contributed by atoms with E-state index in [4.69, 9.17) is 18.8 Å². The second-order valence-corrected chi connectivity index (χ2v) is 5.67. The molecule has 0 fully saturated rings. The Labute approximate surface area is 110 Å². The number of rotatable bonds is 2. The van der Waals surface area contributed by atoms with Gasteiger partial charge in [0.05, 0.1) is 0 Å². The minimum absolute atomic E-state index is 0.266. The molecule has 3 rings (SSSR count). The summed E-state index contributed by atoms with van der Waals surface area (Å²) < 4.78 is 4.87. The Morgan fingerprint density at radius 1 is 0.684 bits per heavy atom. The predicted molar refractivity (Wildman–Crippen MR) is 74.5 cm³/mol. The van der Waals surface area contributed by atoms with E-state index in [1.807, 2.05) is 42.5 Å². The summed E-state index contributed by atoms with van der Waals surface area (Å²) in [6.45, 7) is 0. The van der Waals surface area contributed by atoms with Crippen molar-refractivity contribution in [2.75, 3.05) is 0 Å². The number of benzene rings is 3. The third-order valence-corrected chi connectivity index (χ3v) is 3.49. The standard InChI is InChI=1S/C14H12O4Si/c15-19(16,17)18-14-7-3-6-12-11-5-2-1-4-10(11)8-9-13(12)14/h1-9,15-17H. The molecule has 0 radical (unpaired) electrons. The summed E-state index contributed by atoms with van der Waals surface area (Å²) in [5, 5.41) is 3.81. The molecule has 0 aliphatic rings. The molecule has 0 saturated carbocycles. The zero-order valence-electron chi connectivity index (χ0n) is 9.95. The Morgan fingerprint density at radius 2 is 1.42 bits per heavy atom. The van der Waals surface area contributed by atoms with Crippen molar-refractivity contribution in [1.29, 1.82) is 0 Å². The van der Waals surface area contributed by atoms with Gasteiger partial charge in [-0.3, -0.25) is 0 Å². The highest BCUT2D eigenvalue weighted by Crippen LogP contribution is 2.32. The van der Waals surface area contributed by atoms with Crippen LogP contribution in [0.2, 0.25) is 0 Å². The highest BCUT2D eigenvalue weighted by Gasteiger charge is 2.34. The van der Waals surface area contributed by atoms with Gasteiger partial charge in [-0.15, -0.1) is 0 Å². The van der Waals surface area contributed by atoms with Crippen LogP contribution in [0.5, 0.6) is 5.75 Å². The van der Waals surface area contributed by atoms with Crippen LogP contribution in [0.4, 0.5) is 0 Å². The summed E-state index contributed by atoms with van der Waals surface area (Å²) in [6, 6.07) is 17.0. The minimum atomic E-state index is -4.58. The zero-order chi connectivity index (χ0) is 13.5. The average molecular weight is 272 g/mol. The molecular weight excluding hydrogens is 260 g/mol. The Balaban J connectivity index is 2.29. The molecule has 96 valence electrons. The van der Waals surface area contributed by atoms with E-state index in [1.165, 1.54) is 0 Å². The summed E-state index contributed by atoms with van der Waals surface area (Å²) in [5.74, 6) is 0.266. The molecule has 19 heavy (non-hydrogen) atoms. The molecule has 0 atom stereocenters. The van der Waals surface area contributed by atoms with Gasteiger partial charge in [0.25, 0.3) is 0 Å². The predicted octanol–water partition coefficient (Wildman–Crippen LogP) is 1.78. The van der Waals surface area contributed by atoms with Gasteiger partial charge in [-0.05, 0) is 22.2 Å². The van der Waals surface area contributed by atoms with Crippen LogP contribution in [0.15, 0.2) is 54.6 Å². The molecule has 0 heterocycles. The minimum Gasteiger partial charge on any atom is -0.480 e. The van der Waals surface area contributed by atoms with E-state index in [0.717, 1.165) is 21.5 Å². The fourth-order valence-corrected chi connectivity index (χ4v) is 2.72. The molecule has 0 aromatic heterocycles. The van der Waals surface area contributed by atoms with E-state index in [2.05, 4.69) is 0 Å². The first kappa shape index (κ1) is 12.1. The molecule has 0 aliphatic carbocycles. The largest absolute Gasteiger partial charge is 0.741 e. The first-order valence-electron chi connectivity index (χ1n) is 5.81. The molecule has 0 bridgehead atoms. The summed E-state index contributed by atoms with van der Waals surface area (Å²) >= 11 is 0. The first-order valence-corrected chi connectivity index (χ1v) is 7.56. The number of fused-ring (bicyclic) bond motifs is 3. The van der Waals surface area contributed by atoms with Crippen LogP contribution in [0.25, 0.3) is 21.5 Å². The van der Waals surface area contributed by atoms with Gasteiger partial charge in [0, 0.05) is 5.39 Å². The van der Waals surface area contributed by atoms with E-state index in [9.17, 15) is 0 Å². The van der Waals surface area contributed by atoms with Gasteiger partial charge in [0.2, 0.25) is 0 Å². The van der Waals surface area contributed by atoms with E-state index in [1.54, 1.807) is 12.1 Å². The molecule has 0 unspecified atom stereocenters. The highest BCUT2D eigenvalue weighted by atomic mass is 28.4. The van der Waals surface area contributed by atoms with Crippen molar-refractivity contribution in [1.82, 2.24) is 0 Å². The molecule has 3 N–H and O–H groups in total. The SMILES string of the molecule is O[Si](O)(O)Oc1cccc2c1ccc1ccccc12. The fourth-order valence-electron chi connectivity index (χ4n) is 2.25. The van der Waals surface area contributed by atoms with Crippen molar-refractivity contribution < 1.29 is 18.8 Å². The van der Waals surface area contributed by atoms with Gasteiger partial charge in [-0.25, -0.2) is 0 Å². The van der Waals surface area contributed by atoms with Crippen molar-refractivity contribution >= 4 is 30.6 Å². The second-order valence-electron chi connectivity index (χ2n) is 4.31. The topological polar surface area (TPSA) is 69.9 Å². The number of hydrogen-bond donors (Lipinski definition) is 3. The second kappa shape index (κ2) is 4.32. The third-order valence-electron chi connectivity index (χ3n) is 2.99. The van der Waals surface area contributed by atoms with Gasteiger partial charge < -0.3 is 18.8 Å². The smallest absolute Gasteiger partial charge is 0.480 e. The molecule has 3 aromatic carbocycles. The lowest BCUT2D eigenvalue weighted by molar-refractivity contribution is 0.129. The van der Waals surface area contributed by atoms with Crippen LogP contribution in [0, 0.1) is 0 Å². The van der Waals surface area contributed by atoms with Crippen LogP contribution in [0.3, 0.4) is 0 Å². The van der Waals surface area contributed by atoms with Gasteiger partial charge in [-0.2, -0.15) is 0 Å². The fraction of sp³-hybridized carbons (Fsp3) is 0. The zero-order valence-corrected chi connectivity index (χ0v) is 10.9. The average Bonchev–Trinajstić information content (AvgIpc) is 2.37. The highest BCUT2D eigenvalue weighted by molar-refractivity contribution is 6.49. The number of hydrogen-bond acceptors (Lipinski definition) is 4. The Morgan fingerprint density at radius 3 is 2.21 bits per heavy atom. The van der Waals surface area contributed by atoms with E-state index in [0.29, 0.717) is 0 Å². The van der Waals surface area contributed by atoms with Gasteiger partial charge in [-0.1, -0.05) is 48.5 Å². The molecule has 0 aliphatic heterocycles. The third kappa shape index (κ3) is 2.32. The normalized spacial score (nSPS) is 11.9. The van der Waals surface area contributed by atoms with E-state index in [-0.39, 0.29) is 5.75 Å². The summed E-state index contributed by atoms with van der Waals surface area (Å²) in [4.78, 5) is 27.2. The summed E-state index contributed by atoms with van der Waals surface area (Å²) in [6.07, 6.45) is 0. The van der Waals surface area contributed by atoms with Crippen molar-refractivity contribution in [2.45, 2.75) is 0 Å². The van der Waals surface area contributed by atoms with E-state index < -0.39 is 9.05 Å². The lowest BCUT2D eigenvalue weighted by Gasteiger charge is -2.14. The monoisotopic (exact) mass is 272 g/mol. The van der Waals surface area contributed by atoms with Crippen LogP contribution in [-0.2, 0) is 0 Å². The quantitative estimate of drug-likeness (QED) is 0.491.